The van der Waals surface area contributed by atoms with E-state index in [0.717, 1.165) is 29.8 Å². The first-order valence-electron chi connectivity index (χ1n) is 10.9. The molecule has 1 aliphatic heterocycles. The zero-order valence-corrected chi connectivity index (χ0v) is 18.2. The van der Waals surface area contributed by atoms with Crippen molar-refractivity contribution < 1.29 is 4.52 Å². The van der Waals surface area contributed by atoms with Gasteiger partial charge in [-0.1, -0.05) is 5.16 Å². The molecule has 1 aliphatic carbocycles. The lowest BCUT2D eigenvalue weighted by Gasteiger charge is -2.21. The van der Waals surface area contributed by atoms with E-state index in [1.54, 1.807) is 17.9 Å². The third-order valence-corrected chi connectivity index (χ3v) is 7.08. The summed E-state index contributed by atoms with van der Waals surface area (Å²) in [4.78, 5) is 28.1. The molecule has 0 N–H and O–H groups in total. The maximum absolute atomic E-state index is 12.7. The van der Waals surface area contributed by atoms with Gasteiger partial charge >= 0.3 is 0 Å². The van der Waals surface area contributed by atoms with Crippen LogP contribution < -0.4 is 10.5 Å². The summed E-state index contributed by atoms with van der Waals surface area (Å²) in [5, 5.41) is 9.72. The van der Waals surface area contributed by atoms with Crippen LogP contribution in [0.5, 0.6) is 0 Å². The lowest BCUT2D eigenvalue weighted by molar-refractivity contribution is 0.363. The zero-order valence-electron chi connectivity index (χ0n) is 18.2. The second kappa shape index (κ2) is 6.50. The van der Waals surface area contributed by atoms with E-state index in [-0.39, 0.29) is 12.1 Å². The van der Waals surface area contributed by atoms with E-state index in [1.165, 1.54) is 16.6 Å². The summed E-state index contributed by atoms with van der Waals surface area (Å²) in [6.07, 6.45) is 4.97. The Balaban J connectivity index is 1.06. The Morgan fingerprint density at radius 2 is 1.94 bits per heavy atom. The molecule has 0 amide bonds. The van der Waals surface area contributed by atoms with E-state index >= 15 is 0 Å². The number of nitrogens with zero attached hydrogens (tertiary/aromatic N) is 9. The number of anilines is 1. The van der Waals surface area contributed by atoms with Gasteiger partial charge in [-0.15, -0.1) is 0 Å². The van der Waals surface area contributed by atoms with Crippen LogP contribution >= 0.6 is 0 Å². The van der Waals surface area contributed by atoms with Crippen molar-refractivity contribution in [3.05, 3.63) is 59.1 Å². The summed E-state index contributed by atoms with van der Waals surface area (Å²) < 4.78 is 10.5. The van der Waals surface area contributed by atoms with Crippen molar-refractivity contribution >= 4 is 27.8 Å². The molecule has 11 nitrogen and oxygen atoms in total. The van der Waals surface area contributed by atoms with Crippen molar-refractivity contribution in [1.82, 2.24) is 39.0 Å². The molecular formula is C22H21N9O2. The van der Waals surface area contributed by atoms with Crippen LogP contribution in [0.3, 0.4) is 0 Å². The monoisotopic (exact) mass is 443 g/mol. The summed E-state index contributed by atoms with van der Waals surface area (Å²) in [5.74, 6) is 2.52. The third kappa shape index (κ3) is 2.74. The fourth-order valence-electron chi connectivity index (χ4n) is 5.27. The molecule has 2 aliphatic rings. The van der Waals surface area contributed by atoms with Gasteiger partial charge in [-0.2, -0.15) is 10.1 Å². The fraction of sp³-hybridized carbons (Fsp3) is 0.364. The number of hydrogen-bond acceptors (Lipinski definition) is 8. The molecule has 1 saturated carbocycles. The Labute approximate surface area is 187 Å². The van der Waals surface area contributed by atoms with Crippen LogP contribution in [-0.2, 0) is 20.6 Å². The van der Waals surface area contributed by atoms with E-state index in [9.17, 15) is 4.79 Å². The van der Waals surface area contributed by atoms with Crippen LogP contribution in [0.4, 0.5) is 5.69 Å². The van der Waals surface area contributed by atoms with Gasteiger partial charge in [-0.05, 0) is 30.0 Å². The molecule has 5 aromatic rings. The number of aromatic nitrogens is 8. The first-order valence-corrected chi connectivity index (χ1v) is 10.9. The largest absolute Gasteiger partial charge is 0.371 e. The van der Waals surface area contributed by atoms with Crippen LogP contribution in [0.2, 0.25) is 0 Å². The second-order valence-corrected chi connectivity index (χ2v) is 9.02. The minimum Gasteiger partial charge on any atom is -0.371 e. The van der Waals surface area contributed by atoms with Crippen molar-refractivity contribution in [2.24, 2.45) is 25.9 Å². The molecular weight excluding hydrogens is 422 g/mol. The molecule has 5 heterocycles. The summed E-state index contributed by atoms with van der Waals surface area (Å²) in [6, 6.07) is 6.50. The van der Waals surface area contributed by atoms with Crippen molar-refractivity contribution in [3.63, 3.8) is 0 Å². The summed E-state index contributed by atoms with van der Waals surface area (Å²) in [6.45, 7) is 2.15. The number of fused-ring (bicyclic) bond motifs is 3. The van der Waals surface area contributed by atoms with Crippen molar-refractivity contribution in [2.75, 3.05) is 18.0 Å². The van der Waals surface area contributed by atoms with Crippen LogP contribution in [0, 0.1) is 11.8 Å². The molecule has 33 heavy (non-hydrogen) atoms. The minimum atomic E-state index is -0.177. The SMILES string of the molecule is Cn1cnc2ncn(Cc3nc(C4[C@H]5CN(c6ccc7c(cnn7C)c6)C[C@@H]45)no3)c(=O)c21. The molecule has 2 fully saturated rings. The maximum Gasteiger partial charge on any atom is 0.280 e. The van der Waals surface area contributed by atoms with E-state index < -0.39 is 0 Å². The molecule has 3 atom stereocenters. The Morgan fingerprint density at radius 3 is 2.79 bits per heavy atom. The zero-order chi connectivity index (χ0) is 22.3. The molecule has 1 unspecified atom stereocenters. The lowest BCUT2D eigenvalue weighted by atomic mass is 10.2. The third-order valence-electron chi connectivity index (χ3n) is 7.08. The smallest absolute Gasteiger partial charge is 0.280 e. The van der Waals surface area contributed by atoms with Gasteiger partial charge in [0.05, 0.1) is 18.0 Å². The van der Waals surface area contributed by atoms with Crippen LogP contribution in [0.25, 0.3) is 22.1 Å². The van der Waals surface area contributed by atoms with E-state index in [4.69, 9.17) is 4.52 Å². The first kappa shape index (κ1) is 18.5. The number of benzene rings is 1. The predicted molar refractivity (Wildman–Crippen MR) is 119 cm³/mol. The van der Waals surface area contributed by atoms with Crippen LogP contribution in [-0.4, -0.2) is 52.1 Å². The predicted octanol–water partition coefficient (Wildman–Crippen LogP) is 1.30. The van der Waals surface area contributed by atoms with Gasteiger partial charge in [-0.25, -0.2) is 9.97 Å². The molecule has 166 valence electrons. The quantitative estimate of drug-likeness (QED) is 0.409. The molecule has 4 aromatic heterocycles. The Hall–Kier alpha value is -4.02. The van der Waals surface area contributed by atoms with Gasteiger partial charge in [0.15, 0.2) is 17.0 Å². The summed E-state index contributed by atoms with van der Waals surface area (Å²) >= 11 is 0. The highest BCUT2D eigenvalue weighted by Crippen LogP contribution is 2.58. The minimum absolute atomic E-state index is 0.177. The highest BCUT2D eigenvalue weighted by atomic mass is 16.5. The molecule has 11 heteroatoms. The van der Waals surface area contributed by atoms with Gasteiger partial charge in [0.1, 0.15) is 12.9 Å². The Morgan fingerprint density at radius 1 is 1.12 bits per heavy atom. The summed E-state index contributed by atoms with van der Waals surface area (Å²) in [7, 11) is 3.73. The highest BCUT2D eigenvalue weighted by molar-refractivity contribution is 5.82. The number of hydrogen-bond donors (Lipinski definition) is 0. The number of aryl methyl sites for hydroxylation is 2. The van der Waals surface area contributed by atoms with E-state index in [1.807, 2.05) is 17.9 Å². The fourth-order valence-corrected chi connectivity index (χ4v) is 5.27. The van der Waals surface area contributed by atoms with Gasteiger partial charge in [-0.3, -0.25) is 14.0 Å². The Kier molecular flexibility index (Phi) is 3.65. The molecule has 0 radical (unpaired) electrons. The van der Waals surface area contributed by atoms with E-state index in [0.29, 0.717) is 34.8 Å². The standard InChI is InChI=1S/C22H21N9O2/c1-28-10-23-21-19(28)22(32)31(11-24-21)9-17-26-20(27-33-17)18-14-7-30(8-15(14)18)13-3-4-16-12(5-13)6-25-29(16)2/h3-6,10-11,14-15,18H,7-9H2,1-2H3/t14-,15+,18?. The average Bonchev–Trinajstić information content (AvgIpc) is 3.35. The molecule has 7 rings (SSSR count). The van der Waals surface area contributed by atoms with Crippen molar-refractivity contribution in [1.29, 1.82) is 0 Å². The van der Waals surface area contributed by atoms with E-state index in [2.05, 4.69) is 48.3 Å². The van der Waals surface area contributed by atoms with Gasteiger partial charge in [0.2, 0.25) is 5.89 Å². The number of imidazole rings is 1. The molecule has 1 aromatic carbocycles. The summed E-state index contributed by atoms with van der Waals surface area (Å²) in [5.41, 5.74) is 3.08. The topological polar surface area (TPSA) is 113 Å². The van der Waals surface area contributed by atoms with Crippen LogP contribution in [0.15, 0.2) is 46.4 Å². The van der Waals surface area contributed by atoms with Crippen molar-refractivity contribution in [3.8, 4) is 0 Å². The first-order chi connectivity index (χ1) is 16.1. The van der Waals surface area contributed by atoms with Gasteiger partial charge < -0.3 is 14.0 Å². The molecule has 0 spiro atoms. The number of piperidine rings is 1. The molecule has 1 saturated heterocycles. The maximum atomic E-state index is 12.7. The normalized spacial score (nSPS) is 21.9. The highest BCUT2D eigenvalue weighted by Gasteiger charge is 2.58. The second-order valence-electron chi connectivity index (χ2n) is 9.02. The Bertz CT molecular complexity index is 1580. The average molecular weight is 443 g/mol. The van der Waals surface area contributed by atoms with Crippen LogP contribution in [0.1, 0.15) is 17.6 Å². The molecule has 0 bridgehead atoms. The van der Waals surface area contributed by atoms with Crippen molar-refractivity contribution in [2.45, 2.75) is 12.5 Å². The number of rotatable bonds is 4. The van der Waals surface area contributed by atoms with Gasteiger partial charge in [0, 0.05) is 44.2 Å². The van der Waals surface area contributed by atoms with Gasteiger partial charge in [0.25, 0.3) is 5.56 Å². The lowest BCUT2D eigenvalue weighted by Crippen LogP contribution is -2.23.